The molecule has 0 saturated carbocycles. The first-order valence-electron chi connectivity index (χ1n) is 12.9. The Kier molecular flexibility index (Phi) is 8.21. The summed E-state index contributed by atoms with van der Waals surface area (Å²) in [5, 5.41) is 9.18. The molecule has 0 radical (unpaired) electrons. The fourth-order valence-corrected chi connectivity index (χ4v) is 5.70. The number of rotatable bonds is 11. The van der Waals surface area contributed by atoms with Crippen molar-refractivity contribution in [2.24, 2.45) is 11.7 Å². The minimum Gasteiger partial charge on any atom is -0.481 e. The molecule has 0 aromatic heterocycles. The molecule has 3 aromatic rings. The molecule has 2 unspecified atom stereocenters. The topological polar surface area (TPSA) is 83.6 Å². The van der Waals surface area contributed by atoms with Crippen LogP contribution in [0.1, 0.15) is 54.4 Å². The number of carbonyl (C=O) groups is 2. The van der Waals surface area contributed by atoms with E-state index in [-0.39, 0.29) is 11.8 Å². The van der Waals surface area contributed by atoms with E-state index in [0.717, 1.165) is 62.0 Å². The fraction of sp³-hybridized carbons (Fsp3) is 0.355. The number of aliphatic carboxylic acids is 1. The van der Waals surface area contributed by atoms with Crippen LogP contribution in [0.3, 0.4) is 0 Å². The Bertz CT molecular complexity index is 1110. The lowest BCUT2D eigenvalue weighted by molar-refractivity contribution is -0.138. The number of carboxylic acids is 1. The molecule has 1 aliphatic heterocycles. The molecular formula is C31H36N2O3. The number of amides is 1. The molecule has 188 valence electrons. The highest BCUT2D eigenvalue weighted by molar-refractivity contribution is 5.91. The molecule has 3 N–H and O–H groups in total. The zero-order chi connectivity index (χ0) is 25.5. The molecule has 5 nitrogen and oxygen atoms in total. The average molecular weight is 485 g/mol. The molecule has 1 amide bonds. The zero-order valence-electron chi connectivity index (χ0n) is 21.0. The summed E-state index contributed by atoms with van der Waals surface area (Å²) in [4.78, 5) is 26.8. The lowest BCUT2D eigenvalue weighted by Crippen LogP contribution is -2.49. The van der Waals surface area contributed by atoms with Crippen LogP contribution in [0.4, 0.5) is 0 Å². The van der Waals surface area contributed by atoms with Gasteiger partial charge < -0.3 is 15.7 Å². The monoisotopic (exact) mass is 484 g/mol. The van der Waals surface area contributed by atoms with Crippen LogP contribution >= 0.6 is 0 Å². The minimum absolute atomic E-state index is 0.114. The van der Waals surface area contributed by atoms with E-state index in [2.05, 4.69) is 4.90 Å². The number of carboxylic acid groups (broad SMARTS) is 1. The molecule has 36 heavy (non-hydrogen) atoms. The Morgan fingerprint density at radius 2 is 1.53 bits per heavy atom. The molecule has 3 aromatic carbocycles. The van der Waals surface area contributed by atoms with Gasteiger partial charge in [0.1, 0.15) is 5.41 Å². The first-order valence-corrected chi connectivity index (χ1v) is 12.9. The Balaban J connectivity index is 1.39. The number of unbranched alkanes of at least 4 members (excludes halogenated alkanes) is 1. The van der Waals surface area contributed by atoms with Gasteiger partial charge in [-0.2, -0.15) is 0 Å². The molecule has 0 spiro atoms. The Morgan fingerprint density at radius 1 is 0.944 bits per heavy atom. The van der Waals surface area contributed by atoms with Gasteiger partial charge in [-0.3, -0.25) is 9.59 Å². The van der Waals surface area contributed by atoms with E-state index in [0.29, 0.717) is 0 Å². The first-order chi connectivity index (χ1) is 17.4. The highest BCUT2D eigenvalue weighted by atomic mass is 16.4. The SMILES string of the molecule is CC(C(=O)O)c1ccc(CCCCN2CCC(C(C(N)=O)(c3ccccc3)c3ccccc3)C2)cc1. The molecule has 1 saturated heterocycles. The second kappa shape index (κ2) is 11.5. The molecule has 1 aliphatic rings. The van der Waals surface area contributed by atoms with Gasteiger partial charge in [-0.05, 0) is 73.9 Å². The summed E-state index contributed by atoms with van der Waals surface area (Å²) in [5.74, 6) is -1.45. The summed E-state index contributed by atoms with van der Waals surface area (Å²) in [6, 6.07) is 27.9. The number of primary amides is 1. The summed E-state index contributed by atoms with van der Waals surface area (Å²) >= 11 is 0. The number of benzene rings is 3. The maximum absolute atomic E-state index is 13.2. The van der Waals surface area contributed by atoms with Crippen LogP contribution in [-0.2, 0) is 21.4 Å². The lowest BCUT2D eigenvalue weighted by atomic mass is 9.64. The van der Waals surface area contributed by atoms with E-state index in [4.69, 9.17) is 5.73 Å². The number of nitrogens with zero attached hydrogens (tertiary/aromatic N) is 1. The van der Waals surface area contributed by atoms with Gasteiger partial charge in [0.05, 0.1) is 5.92 Å². The van der Waals surface area contributed by atoms with Gasteiger partial charge in [-0.15, -0.1) is 0 Å². The fourth-order valence-electron chi connectivity index (χ4n) is 5.70. The van der Waals surface area contributed by atoms with Crippen LogP contribution in [0.5, 0.6) is 0 Å². The summed E-state index contributed by atoms with van der Waals surface area (Å²) in [6.07, 6.45) is 4.03. The van der Waals surface area contributed by atoms with E-state index in [1.54, 1.807) is 6.92 Å². The van der Waals surface area contributed by atoms with Gasteiger partial charge >= 0.3 is 5.97 Å². The number of aryl methyl sites for hydroxylation is 1. The van der Waals surface area contributed by atoms with Gasteiger partial charge in [0, 0.05) is 6.54 Å². The predicted molar refractivity (Wildman–Crippen MR) is 143 cm³/mol. The Morgan fingerprint density at radius 3 is 2.06 bits per heavy atom. The number of nitrogens with two attached hydrogens (primary N) is 1. The molecule has 4 rings (SSSR count). The smallest absolute Gasteiger partial charge is 0.310 e. The van der Waals surface area contributed by atoms with Crippen molar-refractivity contribution in [1.29, 1.82) is 0 Å². The van der Waals surface area contributed by atoms with E-state index in [1.165, 1.54) is 5.56 Å². The van der Waals surface area contributed by atoms with Crippen molar-refractivity contribution in [1.82, 2.24) is 4.90 Å². The third kappa shape index (κ3) is 5.36. The van der Waals surface area contributed by atoms with Crippen molar-refractivity contribution in [3.8, 4) is 0 Å². The second-order valence-corrected chi connectivity index (χ2v) is 9.95. The van der Waals surface area contributed by atoms with E-state index in [9.17, 15) is 14.7 Å². The summed E-state index contributed by atoms with van der Waals surface area (Å²) in [5.41, 5.74) is 9.37. The average Bonchev–Trinajstić information content (AvgIpc) is 3.37. The van der Waals surface area contributed by atoms with Gasteiger partial charge in [0.2, 0.25) is 5.91 Å². The van der Waals surface area contributed by atoms with Crippen molar-refractivity contribution in [3.63, 3.8) is 0 Å². The highest BCUT2D eigenvalue weighted by Crippen LogP contribution is 2.43. The number of hydrogen-bond donors (Lipinski definition) is 2. The van der Waals surface area contributed by atoms with Crippen molar-refractivity contribution in [2.75, 3.05) is 19.6 Å². The van der Waals surface area contributed by atoms with E-state index >= 15 is 0 Å². The lowest BCUT2D eigenvalue weighted by Gasteiger charge is -2.37. The van der Waals surface area contributed by atoms with E-state index in [1.807, 2.05) is 84.9 Å². The highest BCUT2D eigenvalue weighted by Gasteiger charge is 2.49. The Labute approximate surface area is 214 Å². The van der Waals surface area contributed by atoms with E-state index < -0.39 is 17.3 Å². The maximum Gasteiger partial charge on any atom is 0.310 e. The summed E-state index contributed by atoms with van der Waals surface area (Å²) in [7, 11) is 0. The zero-order valence-corrected chi connectivity index (χ0v) is 21.0. The van der Waals surface area contributed by atoms with Gasteiger partial charge in [-0.25, -0.2) is 0 Å². The number of carbonyl (C=O) groups excluding carboxylic acids is 1. The molecular weight excluding hydrogens is 448 g/mol. The standard InChI is InChI=1S/C31H36N2O3/c1-23(29(34)35)25-17-15-24(16-18-25)10-8-9-20-33-21-19-28(22-33)31(30(32)36,26-11-4-2-5-12-26)27-13-6-3-7-14-27/h2-7,11-18,23,28H,8-10,19-22H2,1H3,(H2,32,36)(H,34,35). The van der Waals surface area contributed by atoms with Gasteiger partial charge in [0.15, 0.2) is 0 Å². The molecule has 0 aliphatic carbocycles. The van der Waals surface area contributed by atoms with Crippen LogP contribution in [0.2, 0.25) is 0 Å². The van der Waals surface area contributed by atoms with Crippen LogP contribution in [-0.4, -0.2) is 41.5 Å². The normalized spacial score (nSPS) is 17.1. The minimum atomic E-state index is -0.841. The molecule has 2 atom stereocenters. The van der Waals surface area contributed by atoms with Crippen molar-refractivity contribution in [2.45, 2.75) is 43.9 Å². The second-order valence-electron chi connectivity index (χ2n) is 9.95. The van der Waals surface area contributed by atoms with Gasteiger partial charge in [-0.1, -0.05) is 84.9 Å². The summed E-state index contributed by atoms with van der Waals surface area (Å²) < 4.78 is 0. The maximum atomic E-state index is 13.2. The third-order valence-corrected chi connectivity index (χ3v) is 7.77. The third-order valence-electron chi connectivity index (χ3n) is 7.77. The van der Waals surface area contributed by atoms with Crippen LogP contribution < -0.4 is 5.73 Å². The molecule has 1 fully saturated rings. The quantitative estimate of drug-likeness (QED) is 0.376. The van der Waals surface area contributed by atoms with Crippen LogP contribution in [0.15, 0.2) is 84.9 Å². The van der Waals surface area contributed by atoms with Gasteiger partial charge in [0.25, 0.3) is 0 Å². The van der Waals surface area contributed by atoms with Crippen molar-refractivity contribution in [3.05, 3.63) is 107 Å². The van der Waals surface area contributed by atoms with Crippen LogP contribution in [0.25, 0.3) is 0 Å². The van der Waals surface area contributed by atoms with Crippen molar-refractivity contribution >= 4 is 11.9 Å². The molecule has 5 heteroatoms. The number of likely N-dealkylation sites (tertiary alicyclic amines) is 1. The number of hydrogen-bond acceptors (Lipinski definition) is 3. The Hall–Kier alpha value is -3.44. The molecule has 0 bridgehead atoms. The summed E-state index contributed by atoms with van der Waals surface area (Å²) in [6.45, 7) is 4.50. The largest absolute Gasteiger partial charge is 0.481 e. The van der Waals surface area contributed by atoms with Crippen LogP contribution in [0, 0.1) is 5.92 Å². The predicted octanol–water partition coefficient (Wildman–Crippen LogP) is 4.99. The van der Waals surface area contributed by atoms with Crippen molar-refractivity contribution < 1.29 is 14.7 Å². The molecule has 1 heterocycles. The first kappa shape index (κ1) is 25.6.